The summed E-state index contributed by atoms with van der Waals surface area (Å²) >= 11 is 4.83. The number of rotatable bonds is 4. The number of aromatic nitrogens is 3. The molecule has 1 unspecified atom stereocenters. The fraction of sp³-hybridized carbons (Fsp3) is 0.0952. The van der Waals surface area contributed by atoms with Crippen LogP contribution in [0.3, 0.4) is 0 Å². The molecule has 1 amide bonds. The van der Waals surface area contributed by atoms with E-state index in [2.05, 4.69) is 47.1 Å². The molecule has 0 radical (unpaired) electrons. The van der Waals surface area contributed by atoms with Crippen LogP contribution in [-0.2, 0) is 4.79 Å². The van der Waals surface area contributed by atoms with E-state index < -0.39 is 6.04 Å². The van der Waals surface area contributed by atoms with Gasteiger partial charge < -0.3 is 9.73 Å². The van der Waals surface area contributed by atoms with Crippen molar-refractivity contribution in [3.05, 3.63) is 75.3 Å². The van der Waals surface area contributed by atoms with Gasteiger partial charge in [-0.05, 0) is 30.7 Å². The van der Waals surface area contributed by atoms with Crippen LogP contribution in [0.15, 0.2) is 79.2 Å². The quantitative estimate of drug-likeness (QED) is 0.371. The van der Waals surface area contributed by atoms with Crippen molar-refractivity contribution in [2.24, 2.45) is 4.99 Å². The van der Waals surface area contributed by atoms with Gasteiger partial charge >= 0.3 is 6.01 Å². The van der Waals surface area contributed by atoms with Crippen molar-refractivity contribution in [1.29, 1.82) is 0 Å². The maximum Gasteiger partial charge on any atom is 0.302 e. The van der Waals surface area contributed by atoms with Crippen LogP contribution in [0, 0.1) is 0 Å². The second-order valence-electron chi connectivity index (χ2n) is 6.88. The van der Waals surface area contributed by atoms with Crippen LogP contribution in [0.25, 0.3) is 11.1 Å². The van der Waals surface area contributed by atoms with Crippen molar-refractivity contribution in [3.8, 4) is 0 Å². The largest absolute Gasteiger partial charge is 0.423 e. The molecule has 9 nitrogen and oxygen atoms in total. The Bertz CT molecular complexity index is 1330. The number of guanidine groups is 1. The number of para-hydroxylation sites is 2. The number of aliphatic imine (C=N–C) groups is 1. The molecule has 4 aromatic rings. The maximum atomic E-state index is 13.1. The van der Waals surface area contributed by atoms with E-state index in [1.807, 2.05) is 55.5 Å². The van der Waals surface area contributed by atoms with E-state index in [9.17, 15) is 4.79 Å². The molecular weight excluding hydrogens is 494 g/mol. The fourth-order valence-electron chi connectivity index (χ4n) is 3.37. The van der Waals surface area contributed by atoms with Gasteiger partial charge in [-0.1, -0.05) is 57.6 Å². The number of hydrogen-bond acceptors (Lipinski definition) is 9. The maximum absolute atomic E-state index is 13.1. The highest BCUT2D eigenvalue weighted by atomic mass is 79.9. The lowest BCUT2D eigenvalue weighted by Crippen LogP contribution is -2.37. The van der Waals surface area contributed by atoms with Gasteiger partial charge in [0.2, 0.25) is 11.1 Å². The summed E-state index contributed by atoms with van der Waals surface area (Å²) in [6, 6.07) is 14.9. The summed E-state index contributed by atoms with van der Waals surface area (Å²) in [4.78, 5) is 22.4. The van der Waals surface area contributed by atoms with Crippen molar-refractivity contribution in [3.63, 3.8) is 0 Å². The molecular formula is C21H16BrN7O2S. The Labute approximate surface area is 194 Å². The molecule has 0 saturated carbocycles. The predicted molar refractivity (Wildman–Crippen MR) is 126 cm³/mol. The van der Waals surface area contributed by atoms with Gasteiger partial charge in [0.25, 0.3) is 5.91 Å². The van der Waals surface area contributed by atoms with Gasteiger partial charge in [0.05, 0.1) is 5.57 Å². The molecule has 0 bridgehead atoms. The minimum Gasteiger partial charge on any atom is -0.423 e. The zero-order valence-corrected chi connectivity index (χ0v) is 19.1. The Kier molecular flexibility index (Phi) is 5.41. The lowest BCUT2D eigenvalue weighted by atomic mass is 9.96. The summed E-state index contributed by atoms with van der Waals surface area (Å²) in [6.45, 7) is 1.82. The van der Waals surface area contributed by atoms with Crippen molar-refractivity contribution >= 4 is 61.4 Å². The lowest BCUT2D eigenvalue weighted by molar-refractivity contribution is -0.113. The minimum atomic E-state index is -0.577. The summed E-state index contributed by atoms with van der Waals surface area (Å²) in [5, 5.41) is 17.1. The van der Waals surface area contributed by atoms with E-state index in [-0.39, 0.29) is 5.91 Å². The van der Waals surface area contributed by atoms with Gasteiger partial charge in [-0.2, -0.15) is 4.98 Å². The molecule has 1 aliphatic rings. The van der Waals surface area contributed by atoms with Gasteiger partial charge in [-0.3, -0.25) is 15.4 Å². The highest BCUT2D eigenvalue weighted by Gasteiger charge is 2.31. The summed E-state index contributed by atoms with van der Waals surface area (Å²) in [5.74, 6) is 0.111. The van der Waals surface area contributed by atoms with Gasteiger partial charge in [-0.15, -0.1) is 10.2 Å². The van der Waals surface area contributed by atoms with Crippen LogP contribution in [0.4, 0.5) is 11.1 Å². The average Bonchev–Trinajstić information content (AvgIpc) is 3.42. The monoisotopic (exact) mass is 509 g/mol. The first-order chi connectivity index (χ1) is 15.6. The molecule has 2 aromatic carbocycles. The number of oxazole rings is 1. The number of nitrogens with zero attached hydrogens (tertiary/aromatic N) is 4. The predicted octanol–water partition coefficient (Wildman–Crippen LogP) is 4.47. The smallest absolute Gasteiger partial charge is 0.302 e. The number of nitrogens with one attached hydrogen (secondary N) is 3. The highest BCUT2D eigenvalue weighted by Crippen LogP contribution is 2.35. The number of fused-ring (bicyclic) bond motifs is 1. The van der Waals surface area contributed by atoms with E-state index in [1.54, 1.807) is 5.51 Å². The molecule has 2 aromatic heterocycles. The van der Waals surface area contributed by atoms with E-state index in [0.717, 1.165) is 15.6 Å². The minimum absolute atomic E-state index is 0.304. The van der Waals surface area contributed by atoms with Gasteiger partial charge in [-0.25, -0.2) is 4.99 Å². The molecule has 1 atom stereocenters. The number of hydrogen-bond donors (Lipinski definition) is 3. The van der Waals surface area contributed by atoms with E-state index in [1.165, 1.54) is 11.3 Å². The number of carbonyl (C=O) groups is 1. The lowest BCUT2D eigenvalue weighted by Gasteiger charge is -2.26. The molecule has 0 spiro atoms. The zero-order valence-electron chi connectivity index (χ0n) is 16.7. The Morgan fingerprint density at radius 1 is 1.19 bits per heavy atom. The van der Waals surface area contributed by atoms with Crippen LogP contribution in [0.1, 0.15) is 18.5 Å². The number of anilines is 2. The molecule has 0 saturated heterocycles. The fourth-order valence-corrected chi connectivity index (χ4v) is 4.32. The SMILES string of the molecule is CC1=C(C(=O)Nc2nncs2)C(c2ccccc2Br)N=C(Nc2nc3ccccc3o2)N1. The normalized spacial score (nSPS) is 15.9. The Balaban J connectivity index is 1.50. The Morgan fingerprint density at radius 3 is 2.78 bits per heavy atom. The number of allylic oxidation sites excluding steroid dienone is 1. The Hall–Kier alpha value is -3.57. The van der Waals surface area contributed by atoms with Crippen LogP contribution >= 0.6 is 27.3 Å². The first-order valence-corrected chi connectivity index (χ1v) is 11.3. The van der Waals surface area contributed by atoms with Crippen molar-refractivity contribution in [2.45, 2.75) is 13.0 Å². The molecule has 11 heteroatoms. The number of benzene rings is 2. The molecule has 3 heterocycles. The molecule has 32 heavy (non-hydrogen) atoms. The Morgan fingerprint density at radius 2 is 2.00 bits per heavy atom. The molecule has 0 aliphatic carbocycles. The third-order valence-corrected chi connectivity index (χ3v) is 6.11. The summed E-state index contributed by atoms with van der Waals surface area (Å²) in [6.07, 6.45) is 0. The molecule has 5 rings (SSSR count). The molecule has 160 valence electrons. The highest BCUT2D eigenvalue weighted by molar-refractivity contribution is 9.10. The summed E-state index contributed by atoms with van der Waals surface area (Å²) < 4.78 is 6.59. The van der Waals surface area contributed by atoms with Crippen molar-refractivity contribution in [2.75, 3.05) is 10.6 Å². The van der Waals surface area contributed by atoms with E-state index in [4.69, 9.17) is 9.41 Å². The zero-order chi connectivity index (χ0) is 22.1. The summed E-state index contributed by atoms with van der Waals surface area (Å²) in [5.41, 5.74) is 4.91. The van der Waals surface area contributed by atoms with Crippen LogP contribution in [0.2, 0.25) is 0 Å². The van der Waals surface area contributed by atoms with E-state index >= 15 is 0 Å². The molecule has 0 fully saturated rings. The van der Waals surface area contributed by atoms with Crippen LogP contribution < -0.4 is 16.0 Å². The van der Waals surface area contributed by atoms with Crippen LogP contribution in [-0.4, -0.2) is 27.0 Å². The van der Waals surface area contributed by atoms with Gasteiger partial charge in [0.1, 0.15) is 17.1 Å². The first-order valence-electron chi connectivity index (χ1n) is 9.58. The molecule has 1 aliphatic heterocycles. The topological polar surface area (TPSA) is 117 Å². The average molecular weight is 510 g/mol. The number of amides is 1. The van der Waals surface area contributed by atoms with E-state index in [0.29, 0.717) is 34.0 Å². The number of halogens is 1. The second kappa shape index (κ2) is 8.52. The molecule has 3 N–H and O–H groups in total. The summed E-state index contributed by atoms with van der Waals surface area (Å²) in [7, 11) is 0. The van der Waals surface area contributed by atoms with Gasteiger partial charge in [0.15, 0.2) is 5.58 Å². The van der Waals surface area contributed by atoms with Gasteiger partial charge in [0, 0.05) is 10.2 Å². The second-order valence-corrected chi connectivity index (χ2v) is 8.56. The van der Waals surface area contributed by atoms with Crippen molar-refractivity contribution < 1.29 is 9.21 Å². The number of carbonyl (C=O) groups excluding carboxylic acids is 1. The van der Waals surface area contributed by atoms with Crippen LogP contribution in [0.5, 0.6) is 0 Å². The first kappa shape index (κ1) is 20.3. The third kappa shape index (κ3) is 3.99. The van der Waals surface area contributed by atoms with Crippen molar-refractivity contribution in [1.82, 2.24) is 20.5 Å². The standard InChI is InChI=1S/C21H16BrN7O2S/c1-11-16(18(30)27-21-29-23-10-32-21)17(12-6-2-3-7-13(12)22)26-19(24-11)28-20-25-14-8-4-5-9-15(14)31-20/h2-10,17H,1H3,(H,27,29,30)(H2,24,25,26,28). The third-order valence-electron chi connectivity index (χ3n) is 4.79.